The van der Waals surface area contributed by atoms with E-state index in [-0.39, 0.29) is 42.2 Å². The van der Waals surface area contributed by atoms with E-state index in [4.69, 9.17) is 13.9 Å². The van der Waals surface area contributed by atoms with Gasteiger partial charge in [-0.3, -0.25) is 9.59 Å². The lowest BCUT2D eigenvalue weighted by molar-refractivity contribution is -0.143. The SMILES string of the molecule is CCOC(=O)CCN(Cc1ccco1)C(=O)c1ccc(-c2cc3c(cc2OC)C(C)(C)CCC3(C)C)s1. The highest BCUT2D eigenvalue weighted by Gasteiger charge is 2.38. The Morgan fingerprint density at radius 1 is 1.05 bits per heavy atom. The first-order valence-corrected chi connectivity index (χ1v) is 13.7. The third-order valence-electron chi connectivity index (χ3n) is 7.36. The van der Waals surface area contributed by atoms with Gasteiger partial charge in [0.2, 0.25) is 0 Å². The van der Waals surface area contributed by atoms with Crippen LogP contribution in [0.5, 0.6) is 5.75 Å². The van der Waals surface area contributed by atoms with Gasteiger partial charge in [-0.2, -0.15) is 0 Å². The van der Waals surface area contributed by atoms with E-state index in [0.717, 1.165) is 29.0 Å². The summed E-state index contributed by atoms with van der Waals surface area (Å²) < 4.78 is 16.4. The van der Waals surface area contributed by atoms with Gasteiger partial charge in [0.05, 0.1) is 37.8 Å². The molecular weight excluding hydrogens is 486 g/mol. The molecule has 1 aliphatic rings. The quantitative estimate of drug-likeness (QED) is 0.284. The monoisotopic (exact) mass is 523 g/mol. The normalized spacial score (nSPS) is 15.6. The number of hydrogen-bond acceptors (Lipinski definition) is 6. The van der Waals surface area contributed by atoms with E-state index in [9.17, 15) is 9.59 Å². The second-order valence-electron chi connectivity index (χ2n) is 10.9. The van der Waals surface area contributed by atoms with Gasteiger partial charge in [0.25, 0.3) is 5.91 Å². The van der Waals surface area contributed by atoms with Gasteiger partial charge in [0.15, 0.2) is 0 Å². The van der Waals surface area contributed by atoms with Gasteiger partial charge in [0, 0.05) is 17.0 Å². The van der Waals surface area contributed by atoms with Gasteiger partial charge >= 0.3 is 5.97 Å². The number of carbonyl (C=O) groups excluding carboxylic acids is 2. The van der Waals surface area contributed by atoms with E-state index in [1.807, 2.05) is 18.2 Å². The Balaban J connectivity index is 1.65. The summed E-state index contributed by atoms with van der Waals surface area (Å²) in [7, 11) is 1.70. The Bertz CT molecular complexity index is 1260. The molecule has 0 saturated carbocycles. The van der Waals surface area contributed by atoms with Crippen molar-refractivity contribution in [3.63, 3.8) is 0 Å². The maximum atomic E-state index is 13.6. The van der Waals surface area contributed by atoms with Crippen LogP contribution in [0.2, 0.25) is 0 Å². The lowest BCUT2D eigenvalue weighted by Gasteiger charge is -2.42. The van der Waals surface area contributed by atoms with E-state index in [0.29, 0.717) is 17.2 Å². The highest BCUT2D eigenvalue weighted by molar-refractivity contribution is 7.17. The molecule has 0 spiro atoms. The predicted molar refractivity (Wildman–Crippen MR) is 146 cm³/mol. The van der Waals surface area contributed by atoms with Crippen molar-refractivity contribution in [1.82, 2.24) is 4.90 Å². The summed E-state index contributed by atoms with van der Waals surface area (Å²) in [6.45, 7) is 11.8. The molecule has 0 radical (unpaired) electrons. The van der Waals surface area contributed by atoms with Crippen LogP contribution in [0, 0.1) is 0 Å². The molecule has 0 fully saturated rings. The standard InChI is InChI=1S/C30H37NO5S/c1-7-35-27(32)12-15-31(19-20-9-8-16-36-20)28(33)26-11-10-25(37-26)21-17-22-23(18-24(21)34-6)30(4,5)14-13-29(22,2)3/h8-11,16-18H,7,12-15,19H2,1-6H3. The first-order chi connectivity index (χ1) is 17.6. The molecule has 0 unspecified atom stereocenters. The second-order valence-corrected chi connectivity index (χ2v) is 12.0. The van der Waals surface area contributed by atoms with E-state index in [1.54, 1.807) is 31.3 Å². The average Bonchev–Trinajstić information content (AvgIpc) is 3.56. The molecule has 0 atom stereocenters. The summed E-state index contributed by atoms with van der Waals surface area (Å²) in [5.41, 5.74) is 3.82. The van der Waals surface area contributed by atoms with E-state index >= 15 is 0 Å². The Labute approximate surface area is 223 Å². The zero-order valence-electron chi connectivity index (χ0n) is 22.7. The molecular formula is C30H37NO5S. The maximum absolute atomic E-state index is 13.6. The van der Waals surface area contributed by atoms with Gasteiger partial charge in [-0.15, -0.1) is 11.3 Å². The summed E-state index contributed by atoms with van der Waals surface area (Å²) in [4.78, 5) is 28.8. The van der Waals surface area contributed by atoms with Crippen LogP contribution in [0.25, 0.3) is 10.4 Å². The minimum Gasteiger partial charge on any atom is -0.496 e. The Morgan fingerprint density at radius 2 is 1.76 bits per heavy atom. The molecule has 1 aromatic carbocycles. The van der Waals surface area contributed by atoms with Crippen LogP contribution in [0.4, 0.5) is 0 Å². The van der Waals surface area contributed by atoms with Crippen molar-refractivity contribution in [2.45, 2.75) is 71.3 Å². The molecule has 0 N–H and O–H groups in total. The zero-order chi connectivity index (χ0) is 26.8. The summed E-state index contributed by atoms with van der Waals surface area (Å²) in [5.74, 6) is 1.02. The zero-order valence-corrected chi connectivity index (χ0v) is 23.5. The van der Waals surface area contributed by atoms with Gasteiger partial charge < -0.3 is 18.8 Å². The number of hydrogen-bond donors (Lipinski definition) is 0. The summed E-state index contributed by atoms with van der Waals surface area (Å²) in [6, 6.07) is 11.9. The number of amides is 1. The first-order valence-electron chi connectivity index (χ1n) is 12.9. The second kappa shape index (κ2) is 10.7. The topological polar surface area (TPSA) is 69.0 Å². The van der Waals surface area contributed by atoms with Gasteiger partial charge in [-0.25, -0.2) is 0 Å². The maximum Gasteiger partial charge on any atom is 0.307 e. The van der Waals surface area contributed by atoms with Crippen molar-refractivity contribution in [3.8, 4) is 16.2 Å². The predicted octanol–water partition coefficient (Wildman–Crippen LogP) is 6.96. The number of rotatable bonds is 9. The number of methoxy groups -OCH3 is 1. The minimum absolute atomic E-state index is 0.0642. The third-order valence-corrected chi connectivity index (χ3v) is 8.47. The highest BCUT2D eigenvalue weighted by atomic mass is 32.1. The number of fused-ring (bicyclic) bond motifs is 1. The van der Waals surface area contributed by atoms with E-state index < -0.39 is 0 Å². The van der Waals surface area contributed by atoms with Crippen LogP contribution in [0.15, 0.2) is 47.1 Å². The van der Waals surface area contributed by atoms with Crippen molar-refractivity contribution in [2.24, 2.45) is 0 Å². The van der Waals surface area contributed by atoms with Gasteiger partial charge in [0.1, 0.15) is 11.5 Å². The van der Waals surface area contributed by atoms with Crippen LogP contribution < -0.4 is 4.74 Å². The first kappa shape index (κ1) is 27.0. The fourth-order valence-electron chi connectivity index (χ4n) is 5.01. The molecule has 2 heterocycles. The van der Waals surface area contributed by atoms with Crippen molar-refractivity contribution >= 4 is 23.2 Å². The summed E-state index contributed by atoms with van der Waals surface area (Å²) in [5, 5.41) is 0. The number of benzene rings is 1. The molecule has 37 heavy (non-hydrogen) atoms. The molecule has 0 aliphatic heterocycles. The lowest BCUT2D eigenvalue weighted by atomic mass is 9.63. The number of carbonyl (C=O) groups is 2. The number of ether oxygens (including phenoxy) is 2. The van der Waals surface area contributed by atoms with Crippen LogP contribution in [0.1, 0.15) is 80.4 Å². The Hall–Kier alpha value is -3.06. The fraction of sp³-hybridized carbons (Fsp3) is 0.467. The van der Waals surface area contributed by atoms with Crippen molar-refractivity contribution in [1.29, 1.82) is 0 Å². The van der Waals surface area contributed by atoms with Crippen molar-refractivity contribution in [3.05, 3.63) is 64.4 Å². The van der Waals surface area contributed by atoms with Gasteiger partial charge in [-0.1, -0.05) is 27.7 Å². The highest BCUT2D eigenvalue weighted by Crippen LogP contribution is 2.49. The largest absolute Gasteiger partial charge is 0.496 e. The molecule has 198 valence electrons. The third kappa shape index (κ3) is 5.77. The Kier molecular flexibility index (Phi) is 7.83. The molecule has 0 saturated heterocycles. The smallest absolute Gasteiger partial charge is 0.307 e. The molecule has 1 amide bonds. The molecule has 7 heteroatoms. The van der Waals surface area contributed by atoms with Crippen LogP contribution in [0.3, 0.4) is 0 Å². The van der Waals surface area contributed by atoms with Crippen molar-refractivity contribution < 1.29 is 23.5 Å². The number of thiophene rings is 1. The molecule has 1 aliphatic carbocycles. The van der Waals surface area contributed by atoms with Crippen LogP contribution in [-0.2, 0) is 26.9 Å². The Morgan fingerprint density at radius 3 is 2.38 bits per heavy atom. The van der Waals surface area contributed by atoms with Crippen LogP contribution in [-0.4, -0.2) is 37.0 Å². The van der Waals surface area contributed by atoms with E-state index in [2.05, 4.69) is 39.8 Å². The molecule has 4 rings (SSSR count). The number of esters is 1. The average molecular weight is 524 g/mol. The number of nitrogens with zero attached hydrogens (tertiary/aromatic N) is 1. The van der Waals surface area contributed by atoms with E-state index in [1.165, 1.54) is 22.5 Å². The van der Waals surface area contributed by atoms with Crippen molar-refractivity contribution in [2.75, 3.05) is 20.3 Å². The fourth-order valence-corrected chi connectivity index (χ4v) is 6.01. The van der Waals surface area contributed by atoms with Gasteiger partial charge in [-0.05, 0) is 78.1 Å². The summed E-state index contributed by atoms with van der Waals surface area (Å²) >= 11 is 1.44. The molecule has 6 nitrogen and oxygen atoms in total. The minimum atomic E-state index is -0.323. The molecule has 3 aromatic rings. The molecule has 2 aromatic heterocycles. The lowest BCUT2D eigenvalue weighted by Crippen LogP contribution is -2.33. The molecule has 0 bridgehead atoms. The number of furan rings is 1. The van der Waals surface area contributed by atoms with Crippen LogP contribution >= 0.6 is 11.3 Å². The summed E-state index contributed by atoms with van der Waals surface area (Å²) in [6.07, 6.45) is 3.96.